The van der Waals surface area contributed by atoms with Gasteiger partial charge in [0.05, 0.1) is 16.8 Å². The molecule has 1 aliphatic rings. The summed E-state index contributed by atoms with van der Waals surface area (Å²) in [7, 11) is -3.56. The van der Waals surface area contributed by atoms with Crippen molar-refractivity contribution in [1.82, 2.24) is 0 Å². The van der Waals surface area contributed by atoms with Crippen LogP contribution in [0.1, 0.15) is 24.0 Å². The number of sulfone groups is 1. The number of halogens is 1. The number of rotatable bonds is 7. The molecule has 1 aliphatic carbocycles. The summed E-state index contributed by atoms with van der Waals surface area (Å²) in [5.74, 6) is -0.180. The molecule has 0 radical (unpaired) electrons. The largest absolute Gasteiger partial charge is 0.381 e. The Morgan fingerprint density at radius 2 is 1.73 bits per heavy atom. The van der Waals surface area contributed by atoms with Gasteiger partial charge < -0.3 is 10.5 Å². The molecule has 2 aromatic carbocycles. The van der Waals surface area contributed by atoms with Crippen LogP contribution in [0.25, 0.3) is 0 Å². The van der Waals surface area contributed by atoms with Crippen molar-refractivity contribution in [3.05, 3.63) is 64.7 Å². The zero-order valence-corrected chi connectivity index (χ0v) is 16.6. The Labute approximate surface area is 160 Å². The van der Waals surface area contributed by atoms with Gasteiger partial charge in [-0.05, 0) is 43.7 Å². The molecule has 0 amide bonds. The smallest absolute Gasteiger partial charge is 0.182 e. The number of hydrogen-bond acceptors (Lipinski definition) is 4. The lowest BCUT2D eigenvalue weighted by molar-refractivity contribution is 0.101. The monoisotopic (exact) mass is 393 g/mol. The number of ether oxygens (including phenoxy) is 1. The molecule has 3 rings (SSSR count). The minimum Gasteiger partial charge on any atom is -0.381 e. The van der Waals surface area contributed by atoms with Gasteiger partial charge in [0, 0.05) is 29.5 Å². The fourth-order valence-corrected chi connectivity index (χ4v) is 6.33. The molecule has 6 heteroatoms. The van der Waals surface area contributed by atoms with Crippen molar-refractivity contribution in [2.75, 3.05) is 19.8 Å². The van der Waals surface area contributed by atoms with Crippen molar-refractivity contribution in [2.45, 2.75) is 29.9 Å². The zero-order valence-electron chi connectivity index (χ0n) is 15.0. The number of benzene rings is 2. The Kier molecular flexibility index (Phi) is 5.45. The first kappa shape index (κ1) is 19.4. The third-order valence-electron chi connectivity index (χ3n) is 5.25. The molecule has 3 atom stereocenters. The van der Waals surface area contributed by atoms with Crippen LogP contribution in [0.15, 0.2) is 53.4 Å². The maximum atomic E-state index is 13.3. The van der Waals surface area contributed by atoms with Gasteiger partial charge in [0.15, 0.2) is 9.84 Å². The van der Waals surface area contributed by atoms with E-state index < -0.39 is 20.5 Å². The van der Waals surface area contributed by atoms with Crippen LogP contribution in [-0.4, -0.2) is 33.4 Å². The van der Waals surface area contributed by atoms with E-state index in [4.69, 9.17) is 22.1 Å². The molecule has 1 saturated carbocycles. The summed E-state index contributed by atoms with van der Waals surface area (Å²) >= 11 is 5.91. The van der Waals surface area contributed by atoms with E-state index in [1.165, 1.54) is 0 Å². The second-order valence-corrected chi connectivity index (χ2v) is 9.39. The van der Waals surface area contributed by atoms with E-state index in [0.29, 0.717) is 18.2 Å². The van der Waals surface area contributed by atoms with E-state index in [2.05, 4.69) is 0 Å². The van der Waals surface area contributed by atoms with Crippen LogP contribution in [0.3, 0.4) is 0 Å². The Hall–Kier alpha value is -1.40. The van der Waals surface area contributed by atoms with Crippen molar-refractivity contribution >= 4 is 21.4 Å². The predicted octanol–water partition coefficient (Wildman–Crippen LogP) is 3.57. The molecule has 0 aromatic heterocycles. The van der Waals surface area contributed by atoms with Crippen molar-refractivity contribution in [3.63, 3.8) is 0 Å². The van der Waals surface area contributed by atoms with Crippen molar-refractivity contribution in [3.8, 4) is 0 Å². The van der Waals surface area contributed by atoms with Crippen LogP contribution < -0.4 is 5.73 Å². The zero-order chi connectivity index (χ0) is 18.9. The van der Waals surface area contributed by atoms with Gasteiger partial charge in [-0.2, -0.15) is 0 Å². The van der Waals surface area contributed by atoms with Gasteiger partial charge in [0.1, 0.15) is 0 Å². The average molecular weight is 394 g/mol. The fourth-order valence-electron chi connectivity index (χ4n) is 3.76. The summed E-state index contributed by atoms with van der Waals surface area (Å²) in [6.07, 6.45) is 0. The average Bonchev–Trinajstić information content (AvgIpc) is 3.31. The van der Waals surface area contributed by atoms with Gasteiger partial charge in [0.2, 0.25) is 0 Å². The maximum Gasteiger partial charge on any atom is 0.182 e. The molecule has 1 fully saturated rings. The van der Waals surface area contributed by atoms with Gasteiger partial charge in [-0.1, -0.05) is 41.4 Å². The van der Waals surface area contributed by atoms with E-state index in [0.717, 1.165) is 11.1 Å². The minimum absolute atomic E-state index is 0.180. The molecule has 2 aromatic rings. The minimum atomic E-state index is -3.56. The lowest BCUT2D eigenvalue weighted by Gasteiger charge is -2.16. The number of nitrogens with two attached hydrogens (primary N) is 1. The second kappa shape index (κ2) is 7.31. The number of aryl methyl sites for hydroxylation is 1. The first-order valence-corrected chi connectivity index (χ1v) is 10.6. The first-order valence-electron chi connectivity index (χ1n) is 8.70. The SMILES string of the molecule is CCOC[C@@]1(CN)[C@@H](c2ccc(C)cc2)[C@@H]1S(=O)(=O)c1ccc(Cl)cc1. The molecular formula is C20H24ClNO3S. The molecular weight excluding hydrogens is 370 g/mol. The highest BCUT2D eigenvalue weighted by molar-refractivity contribution is 7.92. The van der Waals surface area contributed by atoms with Crippen molar-refractivity contribution < 1.29 is 13.2 Å². The Morgan fingerprint density at radius 3 is 2.27 bits per heavy atom. The Morgan fingerprint density at radius 1 is 1.12 bits per heavy atom. The van der Waals surface area contributed by atoms with Crippen molar-refractivity contribution in [1.29, 1.82) is 0 Å². The van der Waals surface area contributed by atoms with Crippen molar-refractivity contribution in [2.24, 2.45) is 11.1 Å². The van der Waals surface area contributed by atoms with Crippen LogP contribution >= 0.6 is 11.6 Å². The highest BCUT2D eigenvalue weighted by atomic mass is 35.5. The molecule has 0 saturated heterocycles. The van der Waals surface area contributed by atoms with Gasteiger partial charge in [-0.3, -0.25) is 0 Å². The molecule has 0 spiro atoms. The van der Waals surface area contributed by atoms with E-state index in [9.17, 15) is 8.42 Å². The van der Waals surface area contributed by atoms with E-state index >= 15 is 0 Å². The molecule has 140 valence electrons. The normalized spacial score (nSPS) is 25.2. The first-order chi connectivity index (χ1) is 12.4. The highest BCUT2D eigenvalue weighted by Crippen LogP contribution is 2.63. The van der Waals surface area contributed by atoms with Gasteiger partial charge in [-0.15, -0.1) is 0 Å². The standard InChI is InChI=1S/C20H24ClNO3S/c1-3-25-13-20(12-22)18(15-6-4-14(2)5-7-15)19(20)26(23,24)17-10-8-16(21)9-11-17/h4-11,18-19H,3,12-13,22H2,1-2H3/t18-,19-,20-/m0/s1. The Balaban J connectivity index is 2.03. The van der Waals surface area contributed by atoms with Gasteiger partial charge in [0.25, 0.3) is 0 Å². The fraction of sp³-hybridized carbons (Fsp3) is 0.400. The van der Waals surface area contributed by atoms with Crippen LogP contribution in [0.2, 0.25) is 5.02 Å². The summed E-state index contributed by atoms with van der Waals surface area (Å²) < 4.78 is 32.3. The summed E-state index contributed by atoms with van der Waals surface area (Å²) in [6, 6.07) is 14.3. The summed E-state index contributed by atoms with van der Waals surface area (Å²) in [4.78, 5) is 0.274. The lowest BCUT2D eigenvalue weighted by atomic mass is 9.99. The molecule has 26 heavy (non-hydrogen) atoms. The topological polar surface area (TPSA) is 69.4 Å². The van der Waals surface area contributed by atoms with Crippen LogP contribution in [0, 0.1) is 12.3 Å². The summed E-state index contributed by atoms with van der Waals surface area (Å²) in [5.41, 5.74) is 7.61. The second-order valence-electron chi connectivity index (χ2n) is 6.88. The Bertz CT molecular complexity index is 865. The van der Waals surface area contributed by atoms with Gasteiger partial charge >= 0.3 is 0 Å². The van der Waals surface area contributed by atoms with Crippen LogP contribution in [0.4, 0.5) is 0 Å². The lowest BCUT2D eigenvalue weighted by Crippen LogP contribution is -2.29. The van der Waals surface area contributed by atoms with Crippen LogP contribution in [0.5, 0.6) is 0 Å². The maximum absolute atomic E-state index is 13.3. The molecule has 0 aliphatic heterocycles. The van der Waals surface area contributed by atoms with E-state index in [-0.39, 0.29) is 17.4 Å². The summed E-state index contributed by atoms with van der Waals surface area (Å²) in [6.45, 7) is 5.01. The predicted molar refractivity (Wildman–Crippen MR) is 104 cm³/mol. The summed E-state index contributed by atoms with van der Waals surface area (Å²) in [5, 5.41) is -0.0929. The third kappa shape index (κ3) is 3.29. The highest BCUT2D eigenvalue weighted by Gasteiger charge is 2.70. The quantitative estimate of drug-likeness (QED) is 0.780. The molecule has 0 heterocycles. The molecule has 4 nitrogen and oxygen atoms in total. The van der Waals surface area contributed by atoms with E-state index in [1.807, 2.05) is 38.1 Å². The molecule has 0 unspecified atom stereocenters. The third-order valence-corrected chi connectivity index (χ3v) is 7.84. The number of hydrogen-bond donors (Lipinski definition) is 1. The molecule has 2 N–H and O–H groups in total. The molecule has 0 bridgehead atoms. The van der Waals surface area contributed by atoms with Gasteiger partial charge in [-0.25, -0.2) is 8.42 Å². The van der Waals surface area contributed by atoms with E-state index in [1.54, 1.807) is 24.3 Å². The van der Waals surface area contributed by atoms with Crippen LogP contribution in [-0.2, 0) is 14.6 Å².